The minimum atomic E-state index is 0.234. The molecule has 0 bridgehead atoms. The quantitative estimate of drug-likeness (QED) is 0.733. The number of ether oxygens (including phenoxy) is 1. The highest BCUT2D eigenvalue weighted by molar-refractivity contribution is 5.24. The van der Waals surface area contributed by atoms with Gasteiger partial charge < -0.3 is 10.1 Å². The third-order valence-corrected chi connectivity index (χ3v) is 2.56. The molecule has 0 aromatic heterocycles. The molecule has 14 heavy (non-hydrogen) atoms. The minimum absolute atomic E-state index is 0.234. The predicted octanol–water partition coefficient (Wildman–Crippen LogP) is 2.05. The van der Waals surface area contributed by atoms with E-state index < -0.39 is 0 Å². The number of rotatable bonds is 1. The molecular formula is C12H17NO. The highest BCUT2D eigenvalue weighted by Crippen LogP contribution is 2.19. The van der Waals surface area contributed by atoms with Crippen LogP contribution in [-0.2, 0) is 4.74 Å². The number of hydrogen-bond acceptors (Lipinski definition) is 2. The third kappa shape index (κ3) is 2.34. The lowest BCUT2D eigenvalue weighted by molar-refractivity contribution is 0.0668. The van der Waals surface area contributed by atoms with Gasteiger partial charge in [-0.15, -0.1) is 0 Å². The molecule has 1 aromatic carbocycles. The lowest BCUT2D eigenvalue weighted by Gasteiger charge is -2.15. The Kier molecular flexibility index (Phi) is 3.17. The molecule has 0 radical (unpaired) electrons. The van der Waals surface area contributed by atoms with Crippen LogP contribution in [0.4, 0.5) is 0 Å². The van der Waals surface area contributed by atoms with Gasteiger partial charge in [0.1, 0.15) is 0 Å². The Morgan fingerprint density at radius 3 is 3.21 bits per heavy atom. The first kappa shape index (κ1) is 9.69. The molecule has 0 aliphatic carbocycles. The van der Waals surface area contributed by atoms with E-state index in [2.05, 4.69) is 36.5 Å². The van der Waals surface area contributed by atoms with E-state index >= 15 is 0 Å². The van der Waals surface area contributed by atoms with Crippen molar-refractivity contribution >= 4 is 0 Å². The first-order chi connectivity index (χ1) is 6.86. The second kappa shape index (κ2) is 4.58. The molecule has 2 rings (SSSR count). The van der Waals surface area contributed by atoms with Gasteiger partial charge in [0.2, 0.25) is 0 Å². The molecule has 1 aliphatic heterocycles. The second-order valence-electron chi connectivity index (χ2n) is 3.83. The van der Waals surface area contributed by atoms with Crippen LogP contribution in [0.2, 0.25) is 0 Å². The lowest BCUT2D eigenvalue weighted by atomic mass is 10.1. The second-order valence-corrected chi connectivity index (χ2v) is 3.83. The Hall–Kier alpha value is -0.860. The van der Waals surface area contributed by atoms with Crippen molar-refractivity contribution < 1.29 is 4.74 Å². The van der Waals surface area contributed by atoms with Crippen LogP contribution in [0.3, 0.4) is 0 Å². The molecule has 0 saturated carbocycles. The molecule has 2 nitrogen and oxygen atoms in total. The average Bonchev–Trinajstić information content (AvgIpc) is 2.45. The Labute approximate surface area is 85.3 Å². The van der Waals surface area contributed by atoms with Gasteiger partial charge in [-0.05, 0) is 25.5 Å². The van der Waals surface area contributed by atoms with Crippen LogP contribution < -0.4 is 5.32 Å². The van der Waals surface area contributed by atoms with Gasteiger partial charge in [0.25, 0.3) is 0 Å². The third-order valence-electron chi connectivity index (χ3n) is 2.56. The maximum Gasteiger partial charge on any atom is 0.0949 e. The van der Waals surface area contributed by atoms with Crippen molar-refractivity contribution in [1.82, 2.24) is 5.32 Å². The van der Waals surface area contributed by atoms with Crippen LogP contribution in [0.1, 0.15) is 23.7 Å². The molecular weight excluding hydrogens is 174 g/mol. The van der Waals surface area contributed by atoms with Gasteiger partial charge in [-0.3, -0.25) is 0 Å². The zero-order valence-electron chi connectivity index (χ0n) is 8.62. The van der Waals surface area contributed by atoms with Crippen LogP contribution in [0.15, 0.2) is 24.3 Å². The molecule has 2 heteroatoms. The van der Waals surface area contributed by atoms with Crippen molar-refractivity contribution in [2.45, 2.75) is 19.4 Å². The van der Waals surface area contributed by atoms with E-state index in [0.29, 0.717) is 0 Å². The molecule has 1 N–H and O–H groups in total. The Morgan fingerprint density at radius 2 is 2.36 bits per heavy atom. The average molecular weight is 191 g/mol. The van der Waals surface area contributed by atoms with Gasteiger partial charge in [0.15, 0.2) is 0 Å². The fraction of sp³-hybridized carbons (Fsp3) is 0.500. The van der Waals surface area contributed by atoms with E-state index in [1.165, 1.54) is 11.1 Å². The van der Waals surface area contributed by atoms with Crippen molar-refractivity contribution in [3.05, 3.63) is 35.4 Å². The van der Waals surface area contributed by atoms with Gasteiger partial charge >= 0.3 is 0 Å². The summed E-state index contributed by atoms with van der Waals surface area (Å²) in [5.41, 5.74) is 2.59. The van der Waals surface area contributed by atoms with Crippen LogP contribution in [0, 0.1) is 6.92 Å². The maximum atomic E-state index is 5.78. The minimum Gasteiger partial charge on any atom is -0.372 e. The molecule has 0 amide bonds. The topological polar surface area (TPSA) is 21.3 Å². The summed E-state index contributed by atoms with van der Waals surface area (Å²) in [5, 5.41) is 3.39. The van der Waals surface area contributed by atoms with Crippen LogP contribution in [-0.4, -0.2) is 19.7 Å². The lowest BCUT2D eigenvalue weighted by Crippen LogP contribution is -2.20. The molecule has 1 saturated heterocycles. The normalized spacial score (nSPS) is 23.1. The molecule has 1 fully saturated rings. The molecule has 1 aromatic rings. The summed E-state index contributed by atoms with van der Waals surface area (Å²) in [4.78, 5) is 0. The van der Waals surface area contributed by atoms with Crippen molar-refractivity contribution in [2.75, 3.05) is 19.7 Å². The fourth-order valence-electron chi connectivity index (χ4n) is 1.80. The van der Waals surface area contributed by atoms with Gasteiger partial charge in [-0.1, -0.05) is 29.8 Å². The summed E-state index contributed by atoms with van der Waals surface area (Å²) in [6, 6.07) is 8.56. The summed E-state index contributed by atoms with van der Waals surface area (Å²) in [7, 11) is 0. The van der Waals surface area contributed by atoms with Crippen LogP contribution >= 0.6 is 0 Å². The molecule has 1 aliphatic rings. The molecule has 76 valence electrons. The molecule has 1 atom stereocenters. The van der Waals surface area contributed by atoms with Crippen molar-refractivity contribution in [3.8, 4) is 0 Å². The largest absolute Gasteiger partial charge is 0.372 e. The van der Waals surface area contributed by atoms with Crippen molar-refractivity contribution in [3.63, 3.8) is 0 Å². The number of nitrogens with one attached hydrogen (secondary N) is 1. The molecule has 1 heterocycles. The SMILES string of the molecule is Cc1cccc(C2CNCCCO2)c1. The van der Waals surface area contributed by atoms with E-state index in [1.54, 1.807) is 0 Å². The smallest absolute Gasteiger partial charge is 0.0949 e. The zero-order valence-corrected chi connectivity index (χ0v) is 8.62. The first-order valence-electron chi connectivity index (χ1n) is 5.25. The molecule has 0 spiro atoms. The van der Waals surface area contributed by atoms with Crippen molar-refractivity contribution in [1.29, 1.82) is 0 Å². The Bertz CT molecular complexity index is 290. The summed E-state index contributed by atoms with van der Waals surface area (Å²) < 4.78 is 5.78. The first-order valence-corrected chi connectivity index (χ1v) is 5.25. The standard InChI is InChI=1S/C12H17NO/c1-10-4-2-5-11(8-10)12-9-13-6-3-7-14-12/h2,4-5,8,12-13H,3,6-7,9H2,1H3. The summed E-state index contributed by atoms with van der Waals surface area (Å²) in [6.07, 6.45) is 1.35. The fourth-order valence-corrected chi connectivity index (χ4v) is 1.80. The highest BCUT2D eigenvalue weighted by atomic mass is 16.5. The van der Waals surface area contributed by atoms with Gasteiger partial charge in [0.05, 0.1) is 6.10 Å². The van der Waals surface area contributed by atoms with Gasteiger partial charge in [-0.2, -0.15) is 0 Å². The van der Waals surface area contributed by atoms with Gasteiger partial charge in [-0.25, -0.2) is 0 Å². The highest BCUT2D eigenvalue weighted by Gasteiger charge is 2.13. The van der Waals surface area contributed by atoms with Crippen LogP contribution in [0.5, 0.6) is 0 Å². The molecule has 1 unspecified atom stereocenters. The Balaban J connectivity index is 2.12. The number of hydrogen-bond donors (Lipinski definition) is 1. The summed E-state index contributed by atoms with van der Waals surface area (Å²) in [6.45, 7) is 4.99. The van der Waals surface area contributed by atoms with E-state index in [4.69, 9.17) is 4.74 Å². The van der Waals surface area contributed by atoms with E-state index in [0.717, 1.165) is 26.1 Å². The predicted molar refractivity (Wildman–Crippen MR) is 57.4 cm³/mol. The number of aryl methyl sites for hydroxylation is 1. The summed E-state index contributed by atoms with van der Waals surface area (Å²) >= 11 is 0. The van der Waals surface area contributed by atoms with E-state index in [1.807, 2.05) is 0 Å². The maximum absolute atomic E-state index is 5.78. The zero-order chi connectivity index (χ0) is 9.80. The number of benzene rings is 1. The summed E-state index contributed by atoms with van der Waals surface area (Å²) in [5.74, 6) is 0. The monoisotopic (exact) mass is 191 g/mol. The van der Waals surface area contributed by atoms with Gasteiger partial charge in [0, 0.05) is 13.2 Å². The van der Waals surface area contributed by atoms with E-state index in [9.17, 15) is 0 Å². The van der Waals surface area contributed by atoms with Crippen molar-refractivity contribution in [2.24, 2.45) is 0 Å². The van der Waals surface area contributed by atoms with Crippen LogP contribution in [0.25, 0.3) is 0 Å². The van der Waals surface area contributed by atoms with E-state index in [-0.39, 0.29) is 6.10 Å². The Morgan fingerprint density at radius 1 is 1.43 bits per heavy atom.